The van der Waals surface area contributed by atoms with E-state index in [-0.39, 0.29) is 11.5 Å². The number of para-hydroxylation sites is 2. The Kier molecular flexibility index (Phi) is 4.95. The normalized spacial score (nSPS) is 11.9. The molecule has 0 atom stereocenters. The van der Waals surface area contributed by atoms with Crippen molar-refractivity contribution in [3.8, 4) is 0 Å². The number of nitrogens with two attached hydrogens (primary N) is 1. The van der Waals surface area contributed by atoms with E-state index in [0.29, 0.717) is 24.4 Å². The van der Waals surface area contributed by atoms with Gasteiger partial charge in [0.2, 0.25) is 0 Å². The van der Waals surface area contributed by atoms with Gasteiger partial charge in [0, 0.05) is 12.3 Å². The number of aromatic nitrogens is 2. The Morgan fingerprint density at radius 1 is 1.38 bits per heavy atom. The van der Waals surface area contributed by atoms with Crippen LogP contribution in [0.4, 0.5) is 0 Å². The first kappa shape index (κ1) is 15.9. The Labute approximate surface area is 130 Å². The van der Waals surface area contributed by atoms with Crippen molar-refractivity contribution in [1.29, 1.82) is 0 Å². The minimum Gasteiger partial charge on any atom is -0.393 e. The van der Waals surface area contributed by atoms with E-state index in [1.54, 1.807) is 6.92 Å². The van der Waals surface area contributed by atoms with Gasteiger partial charge in [-0.25, -0.2) is 13.4 Å². The molecule has 2 aromatic rings. The van der Waals surface area contributed by atoms with Gasteiger partial charge in [0.25, 0.3) is 0 Å². The molecule has 0 bridgehead atoms. The van der Waals surface area contributed by atoms with E-state index in [9.17, 15) is 8.42 Å². The van der Waals surface area contributed by atoms with E-state index < -0.39 is 9.84 Å². The zero-order valence-electron chi connectivity index (χ0n) is 11.9. The third-order valence-electron chi connectivity index (χ3n) is 3.34. The second-order valence-corrected chi connectivity index (χ2v) is 7.90. The van der Waals surface area contributed by atoms with E-state index in [1.807, 2.05) is 28.8 Å². The van der Waals surface area contributed by atoms with Crippen LogP contribution in [0, 0.1) is 0 Å². The SMILES string of the molecule is CCS(=O)(=O)CCCn1c(CC(N)=S)nc2ccccc21. The van der Waals surface area contributed by atoms with E-state index in [4.69, 9.17) is 18.0 Å². The molecule has 0 aliphatic rings. The Bertz CT molecular complexity index is 751. The fourth-order valence-electron chi connectivity index (χ4n) is 2.25. The zero-order chi connectivity index (χ0) is 15.5. The van der Waals surface area contributed by atoms with Crippen LogP contribution in [0.3, 0.4) is 0 Å². The Balaban J connectivity index is 2.25. The summed E-state index contributed by atoms with van der Waals surface area (Å²) in [5.74, 6) is 1.15. The molecule has 7 heteroatoms. The molecular formula is C14H19N3O2S2. The molecule has 0 unspecified atom stereocenters. The van der Waals surface area contributed by atoms with Crippen LogP contribution in [0.5, 0.6) is 0 Å². The highest BCUT2D eigenvalue weighted by Gasteiger charge is 2.13. The van der Waals surface area contributed by atoms with Gasteiger partial charge in [-0.3, -0.25) is 0 Å². The molecule has 0 saturated carbocycles. The lowest BCUT2D eigenvalue weighted by atomic mass is 10.3. The van der Waals surface area contributed by atoms with Crippen molar-refractivity contribution in [2.75, 3.05) is 11.5 Å². The second kappa shape index (κ2) is 6.53. The number of rotatable bonds is 7. The van der Waals surface area contributed by atoms with Gasteiger partial charge >= 0.3 is 0 Å². The lowest BCUT2D eigenvalue weighted by Crippen LogP contribution is -2.17. The van der Waals surface area contributed by atoms with Crippen LogP contribution in [0.15, 0.2) is 24.3 Å². The van der Waals surface area contributed by atoms with Gasteiger partial charge in [-0.1, -0.05) is 31.3 Å². The molecular weight excluding hydrogens is 306 g/mol. The van der Waals surface area contributed by atoms with Gasteiger partial charge in [-0.05, 0) is 18.6 Å². The highest BCUT2D eigenvalue weighted by molar-refractivity contribution is 7.91. The summed E-state index contributed by atoms with van der Waals surface area (Å²) in [6.45, 7) is 2.26. The molecule has 1 aromatic carbocycles. The fraction of sp³-hybridized carbons (Fsp3) is 0.429. The second-order valence-electron chi connectivity index (χ2n) is 4.90. The first-order valence-corrected chi connectivity index (χ1v) is 9.09. The van der Waals surface area contributed by atoms with E-state index in [2.05, 4.69) is 4.98 Å². The van der Waals surface area contributed by atoms with Crippen molar-refractivity contribution in [2.45, 2.75) is 26.3 Å². The molecule has 0 radical (unpaired) electrons. The topological polar surface area (TPSA) is 78.0 Å². The molecule has 21 heavy (non-hydrogen) atoms. The molecule has 0 spiro atoms. The Morgan fingerprint density at radius 3 is 2.76 bits per heavy atom. The number of fused-ring (bicyclic) bond motifs is 1. The molecule has 1 aromatic heterocycles. The summed E-state index contributed by atoms with van der Waals surface area (Å²) in [5.41, 5.74) is 7.48. The summed E-state index contributed by atoms with van der Waals surface area (Å²) in [7, 11) is -2.95. The van der Waals surface area contributed by atoms with Gasteiger partial charge < -0.3 is 10.3 Å². The molecule has 0 amide bonds. The van der Waals surface area contributed by atoms with Gasteiger partial charge in [0.05, 0.1) is 28.2 Å². The zero-order valence-corrected chi connectivity index (χ0v) is 13.6. The number of sulfone groups is 1. The highest BCUT2D eigenvalue weighted by atomic mass is 32.2. The van der Waals surface area contributed by atoms with Crippen LogP contribution in [-0.2, 0) is 22.8 Å². The Hall–Kier alpha value is -1.47. The lowest BCUT2D eigenvalue weighted by Gasteiger charge is -2.09. The predicted octanol–water partition coefficient (Wildman–Crippen LogP) is 1.69. The molecule has 0 aliphatic carbocycles. The van der Waals surface area contributed by atoms with Gasteiger partial charge in [0.1, 0.15) is 15.7 Å². The van der Waals surface area contributed by atoms with Crippen LogP contribution >= 0.6 is 12.2 Å². The van der Waals surface area contributed by atoms with E-state index >= 15 is 0 Å². The number of hydrogen-bond donors (Lipinski definition) is 1. The third kappa shape index (κ3) is 4.01. The molecule has 114 valence electrons. The number of imidazole rings is 1. The van der Waals surface area contributed by atoms with Gasteiger partial charge in [-0.15, -0.1) is 0 Å². The third-order valence-corrected chi connectivity index (χ3v) is 5.28. The lowest BCUT2D eigenvalue weighted by molar-refractivity contribution is 0.587. The molecule has 2 rings (SSSR count). The molecule has 0 aliphatic heterocycles. The van der Waals surface area contributed by atoms with Crippen molar-refractivity contribution in [1.82, 2.24) is 9.55 Å². The average Bonchev–Trinajstić information content (AvgIpc) is 2.76. The summed E-state index contributed by atoms with van der Waals surface area (Å²) >= 11 is 4.96. The van der Waals surface area contributed by atoms with Crippen LogP contribution in [0.1, 0.15) is 19.2 Å². The van der Waals surface area contributed by atoms with Crippen molar-refractivity contribution in [3.63, 3.8) is 0 Å². The summed E-state index contributed by atoms with van der Waals surface area (Å²) in [5, 5.41) is 0. The monoisotopic (exact) mass is 325 g/mol. The number of aryl methyl sites for hydroxylation is 1. The number of hydrogen-bond acceptors (Lipinski definition) is 4. The minimum absolute atomic E-state index is 0.178. The minimum atomic E-state index is -2.95. The first-order chi connectivity index (χ1) is 9.93. The maximum absolute atomic E-state index is 11.6. The number of thiocarbonyl (C=S) groups is 1. The van der Waals surface area contributed by atoms with Crippen LogP contribution in [0.25, 0.3) is 11.0 Å². The molecule has 1 heterocycles. The van der Waals surface area contributed by atoms with Crippen molar-refractivity contribution in [3.05, 3.63) is 30.1 Å². The summed E-state index contributed by atoms with van der Waals surface area (Å²) < 4.78 is 25.2. The van der Waals surface area contributed by atoms with Crippen molar-refractivity contribution in [2.24, 2.45) is 5.73 Å². The fourth-order valence-corrected chi connectivity index (χ4v) is 3.24. The largest absolute Gasteiger partial charge is 0.393 e. The molecule has 0 saturated heterocycles. The highest BCUT2D eigenvalue weighted by Crippen LogP contribution is 2.17. The predicted molar refractivity (Wildman–Crippen MR) is 89.2 cm³/mol. The average molecular weight is 325 g/mol. The first-order valence-electron chi connectivity index (χ1n) is 6.86. The molecule has 2 N–H and O–H groups in total. The summed E-state index contributed by atoms with van der Waals surface area (Å²) in [6, 6.07) is 7.76. The Morgan fingerprint density at radius 2 is 2.10 bits per heavy atom. The molecule has 5 nitrogen and oxygen atoms in total. The van der Waals surface area contributed by atoms with Gasteiger partial charge in [0.15, 0.2) is 0 Å². The van der Waals surface area contributed by atoms with Crippen molar-refractivity contribution >= 4 is 38.1 Å². The smallest absolute Gasteiger partial charge is 0.150 e. The standard InChI is InChI=1S/C14H19N3O2S2/c1-2-21(18,19)9-5-8-17-12-7-4-3-6-11(12)16-14(17)10-13(15)20/h3-4,6-7H,2,5,8-10H2,1H3,(H2,15,20). The quantitative estimate of drug-likeness (QED) is 0.784. The maximum atomic E-state index is 11.6. The number of benzene rings is 1. The van der Waals surface area contributed by atoms with Crippen LogP contribution < -0.4 is 5.73 Å². The maximum Gasteiger partial charge on any atom is 0.150 e. The summed E-state index contributed by atoms with van der Waals surface area (Å²) in [4.78, 5) is 4.92. The van der Waals surface area contributed by atoms with E-state index in [1.165, 1.54) is 0 Å². The van der Waals surface area contributed by atoms with Crippen LogP contribution in [-0.4, -0.2) is 34.5 Å². The van der Waals surface area contributed by atoms with Gasteiger partial charge in [-0.2, -0.15) is 0 Å². The van der Waals surface area contributed by atoms with Crippen molar-refractivity contribution < 1.29 is 8.42 Å². The summed E-state index contributed by atoms with van der Waals surface area (Å²) in [6.07, 6.45) is 0.978. The van der Waals surface area contributed by atoms with Crippen LogP contribution in [0.2, 0.25) is 0 Å². The van der Waals surface area contributed by atoms with E-state index in [0.717, 1.165) is 16.9 Å². The molecule has 0 fully saturated rings. The number of nitrogens with zero attached hydrogens (tertiary/aromatic N) is 2.